The molecule has 0 spiro atoms. The molecule has 0 bridgehead atoms. The van der Waals surface area contributed by atoms with E-state index in [0.717, 1.165) is 42.7 Å². The molecule has 9 heteroatoms. The molecule has 3 aromatic carbocycles. The van der Waals surface area contributed by atoms with Crippen LogP contribution >= 0.6 is 12.6 Å². The van der Waals surface area contributed by atoms with Crippen LogP contribution in [-0.2, 0) is 20.8 Å². The van der Waals surface area contributed by atoms with Crippen LogP contribution in [0.4, 0.5) is 17.3 Å². The molecule has 0 saturated carbocycles. The van der Waals surface area contributed by atoms with Crippen LogP contribution in [-0.4, -0.2) is 40.0 Å². The zero-order valence-electron chi connectivity index (χ0n) is 25.0. The lowest BCUT2D eigenvalue weighted by Crippen LogP contribution is -2.51. The maximum absolute atomic E-state index is 14.6. The summed E-state index contributed by atoms with van der Waals surface area (Å²) in [6.07, 6.45) is 6.50. The predicted molar refractivity (Wildman–Crippen MR) is 177 cm³/mol. The van der Waals surface area contributed by atoms with Crippen molar-refractivity contribution in [3.8, 4) is 0 Å². The number of aryl methyl sites for hydroxylation is 2. The third-order valence-corrected chi connectivity index (χ3v) is 8.78. The van der Waals surface area contributed by atoms with Crippen molar-refractivity contribution in [3.05, 3.63) is 114 Å². The predicted octanol–water partition coefficient (Wildman–Crippen LogP) is 6.13. The first kappa shape index (κ1) is 30.9. The molecule has 2 unspecified atom stereocenters. The monoisotopic (exact) mass is 607 g/mol. The standard InChI is InChI=1S/C35H37N5O3S/c1-24-12-13-27(22-25(24)2)30(31(41)39-34-36-18-9-19-37-34)35(33(43)44,23-26-10-5-3-6-11-26)32(42)38-28-14-16-29(17-15-28)40-20-7-4-8-21-40/h3,5-6,9-19,22,30H,4,7-8,20-21,23H2,1-2H3,(H,38,42)(H,43,44)(H,36,37,39,41). The first-order valence-electron chi connectivity index (χ1n) is 14.9. The van der Waals surface area contributed by atoms with E-state index in [0.29, 0.717) is 16.8 Å². The molecule has 8 nitrogen and oxygen atoms in total. The molecule has 1 aliphatic rings. The average Bonchev–Trinajstić information content (AvgIpc) is 3.04. The molecular formula is C35H37N5O3S. The van der Waals surface area contributed by atoms with Crippen molar-refractivity contribution in [3.63, 3.8) is 0 Å². The molecule has 2 amide bonds. The van der Waals surface area contributed by atoms with Gasteiger partial charge in [0.05, 0.1) is 5.92 Å². The van der Waals surface area contributed by atoms with Crippen LogP contribution in [0.3, 0.4) is 0 Å². The molecule has 2 atom stereocenters. The summed E-state index contributed by atoms with van der Waals surface area (Å²) in [5.74, 6) is -2.41. The van der Waals surface area contributed by atoms with E-state index in [1.54, 1.807) is 12.1 Å². The van der Waals surface area contributed by atoms with Crippen molar-refractivity contribution in [2.45, 2.75) is 45.4 Å². The maximum atomic E-state index is 14.6. The fourth-order valence-corrected chi connectivity index (χ4v) is 6.14. The Morgan fingerprint density at radius 3 is 2.16 bits per heavy atom. The molecule has 1 fully saturated rings. The summed E-state index contributed by atoms with van der Waals surface area (Å²) in [6, 6.07) is 24.0. The Kier molecular flexibility index (Phi) is 9.75. The Morgan fingerprint density at radius 2 is 1.52 bits per heavy atom. The van der Waals surface area contributed by atoms with Crippen molar-refractivity contribution in [1.82, 2.24) is 9.97 Å². The lowest BCUT2D eigenvalue weighted by molar-refractivity contribution is -0.140. The van der Waals surface area contributed by atoms with E-state index in [-0.39, 0.29) is 12.4 Å². The molecule has 226 valence electrons. The maximum Gasteiger partial charge on any atom is 0.240 e. The number of amides is 2. The van der Waals surface area contributed by atoms with Gasteiger partial charge in [-0.1, -0.05) is 48.5 Å². The Labute approximate surface area is 263 Å². The summed E-state index contributed by atoms with van der Waals surface area (Å²) < 4.78 is 0. The normalized spacial score (nSPS) is 15.1. The number of carbonyl (C=O) groups is 3. The smallest absolute Gasteiger partial charge is 0.240 e. The minimum Gasteiger partial charge on any atom is -0.372 e. The third kappa shape index (κ3) is 6.83. The second-order valence-electron chi connectivity index (χ2n) is 11.3. The van der Waals surface area contributed by atoms with Crippen LogP contribution in [0.25, 0.3) is 0 Å². The van der Waals surface area contributed by atoms with Crippen LogP contribution in [0, 0.1) is 19.3 Å². The molecule has 0 aliphatic carbocycles. The van der Waals surface area contributed by atoms with Crippen molar-refractivity contribution in [1.29, 1.82) is 0 Å². The number of rotatable bonds is 10. The molecule has 2 N–H and O–H groups in total. The fraction of sp³-hybridized carbons (Fsp3) is 0.286. The van der Waals surface area contributed by atoms with E-state index in [1.165, 1.54) is 18.8 Å². The molecular weight excluding hydrogens is 570 g/mol. The first-order valence-corrected chi connectivity index (χ1v) is 15.3. The number of aromatic nitrogens is 2. The van der Waals surface area contributed by atoms with Gasteiger partial charge in [-0.2, -0.15) is 0 Å². The number of nitrogens with one attached hydrogen (secondary N) is 2. The largest absolute Gasteiger partial charge is 0.372 e. The van der Waals surface area contributed by atoms with Gasteiger partial charge in [0.2, 0.25) is 22.9 Å². The second-order valence-corrected chi connectivity index (χ2v) is 11.7. The first-order chi connectivity index (χ1) is 21.3. The average molecular weight is 608 g/mol. The summed E-state index contributed by atoms with van der Waals surface area (Å²) in [4.78, 5) is 53.3. The number of benzene rings is 3. The third-order valence-electron chi connectivity index (χ3n) is 8.38. The lowest BCUT2D eigenvalue weighted by Gasteiger charge is -2.37. The van der Waals surface area contributed by atoms with Gasteiger partial charge in [0.1, 0.15) is 5.41 Å². The highest BCUT2D eigenvalue weighted by molar-refractivity contribution is 7.96. The van der Waals surface area contributed by atoms with Gasteiger partial charge in [0.15, 0.2) is 0 Å². The summed E-state index contributed by atoms with van der Waals surface area (Å²) in [7, 11) is 0. The SMILES string of the molecule is Cc1ccc(C(C(=O)Nc2ncccn2)C(Cc2ccccc2)(C(=O)S)C(=O)Nc2ccc(N3CCCCC3)cc2)cc1C. The van der Waals surface area contributed by atoms with Crippen LogP contribution in [0.5, 0.6) is 0 Å². The number of anilines is 3. The van der Waals surface area contributed by atoms with E-state index in [9.17, 15) is 14.4 Å². The van der Waals surface area contributed by atoms with Crippen LogP contribution in [0.15, 0.2) is 91.3 Å². The van der Waals surface area contributed by atoms with Crippen molar-refractivity contribution >= 4 is 46.9 Å². The highest BCUT2D eigenvalue weighted by Gasteiger charge is 2.54. The summed E-state index contributed by atoms with van der Waals surface area (Å²) in [5.41, 5.74) is 2.83. The minimum absolute atomic E-state index is 0.0610. The molecule has 1 aliphatic heterocycles. The molecule has 44 heavy (non-hydrogen) atoms. The Bertz CT molecular complexity index is 1610. The molecule has 1 aromatic heterocycles. The molecule has 0 radical (unpaired) electrons. The number of thiol groups is 1. The highest BCUT2D eigenvalue weighted by Crippen LogP contribution is 2.44. The Hall–Kier alpha value is -4.50. The van der Waals surface area contributed by atoms with Crippen molar-refractivity contribution < 1.29 is 14.4 Å². The van der Waals surface area contributed by atoms with Gasteiger partial charge < -0.3 is 10.2 Å². The lowest BCUT2D eigenvalue weighted by atomic mass is 9.67. The van der Waals surface area contributed by atoms with E-state index in [1.807, 2.05) is 80.6 Å². The molecule has 2 heterocycles. The Morgan fingerprint density at radius 1 is 0.841 bits per heavy atom. The van der Waals surface area contributed by atoms with E-state index >= 15 is 0 Å². The molecule has 4 aromatic rings. The van der Waals surface area contributed by atoms with Gasteiger partial charge in [0, 0.05) is 36.9 Å². The second kappa shape index (κ2) is 13.9. The zero-order chi connectivity index (χ0) is 31.1. The van der Waals surface area contributed by atoms with Gasteiger partial charge >= 0.3 is 0 Å². The van der Waals surface area contributed by atoms with Gasteiger partial charge in [-0.15, -0.1) is 12.6 Å². The number of nitrogens with zero attached hydrogens (tertiary/aromatic N) is 3. The van der Waals surface area contributed by atoms with E-state index < -0.39 is 28.3 Å². The highest BCUT2D eigenvalue weighted by atomic mass is 32.1. The van der Waals surface area contributed by atoms with Gasteiger partial charge in [0.25, 0.3) is 0 Å². The summed E-state index contributed by atoms with van der Waals surface area (Å²) in [6.45, 7) is 5.89. The topological polar surface area (TPSA) is 104 Å². The van der Waals surface area contributed by atoms with E-state index in [4.69, 9.17) is 0 Å². The number of carbonyl (C=O) groups excluding carboxylic acids is 3. The van der Waals surface area contributed by atoms with Gasteiger partial charge in [-0.05, 0) is 92.1 Å². The zero-order valence-corrected chi connectivity index (χ0v) is 25.9. The summed E-state index contributed by atoms with van der Waals surface area (Å²) in [5, 5.41) is 5.00. The van der Waals surface area contributed by atoms with Crippen LogP contribution in [0.2, 0.25) is 0 Å². The quantitative estimate of drug-likeness (QED) is 0.148. The summed E-state index contributed by atoms with van der Waals surface area (Å²) >= 11 is 4.34. The molecule has 1 saturated heterocycles. The van der Waals surface area contributed by atoms with Gasteiger partial charge in [-0.3, -0.25) is 19.7 Å². The number of piperidine rings is 1. The van der Waals surface area contributed by atoms with Crippen LogP contribution in [0.1, 0.15) is 47.4 Å². The Balaban J connectivity index is 1.59. The number of hydrogen-bond donors (Lipinski definition) is 3. The van der Waals surface area contributed by atoms with Crippen molar-refractivity contribution in [2.24, 2.45) is 5.41 Å². The number of hydrogen-bond acceptors (Lipinski definition) is 6. The van der Waals surface area contributed by atoms with Crippen molar-refractivity contribution in [2.75, 3.05) is 28.6 Å². The minimum atomic E-state index is -1.93. The van der Waals surface area contributed by atoms with Gasteiger partial charge in [-0.25, -0.2) is 9.97 Å². The van der Waals surface area contributed by atoms with E-state index in [2.05, 4.69) is 38.1 Å². The molecule has 5 rings (SSSR count). The van der Waals surface area contributed by atoms with Crippen LogP contribution < -0.4 is 15.5 Å². The fourth-order valence-electron chi connectivity index (χ4n) is 5.83.